The quantitative estimate of drug-likeness (QED) is 0.445. The summed E-state index contributed by atoms with van der Waals surface area (Å²) in [5.41, 5.74) is 4.95. The molecule has 8 heteroatoms. The third kappa shape index (κ3) is 6.91. The molecule has 130 valence electrons. The fraction of sp³-hybridized carbons (Fsp3) is 0.375. The summed E-state index contributed by atoms with van der Waals surface area (Å²) >= 11 is 0. The van der Waals surface area contributed by atoms with Crippen molar-refractivity contribution in [1.29, 1.82) is 0 Å². The van der Waals surface area contributed by atoms with Gasteiger partial charge in [0, 0.05) is 13.0 Å². The van der Waals surface area contributed by atoms with E-state index in [0.717, 1.165) is 5.56 Å². The maximum absolute atomic E-state index is 11.9. The van der Waals surface area contributed by atoms with E-state index in [1.54, 1.807) is 38.1 Å². The number of nitrogens with one attached hydrogen (secondary N) is 4. The van der Waals surface area contributed by atoms with Crippen molar-refractivity contribution < 1.29 is 19.2 Å². The second kappa shape index (κ2) is 9.29. The molecule has 0 fully saturated rings. The van der Waals surface area contributed by atoms with Crippen molar-refractivity contribution in [3.05, 3.63) is 35.9 Å². The molecule has 24 heavy (non-hydrogen) atoms. The molecule has 1 rings (SSSR count). The number of carbonyl (C=O) groups excluding carboxylic acids is 4. The molecule has 4 N–H and O–H groups in total. The average Bonchev–Trinajstić information content (AvgIpc) is 2.51. The van der Waals surface area contributed by atoms with Gasteiger partial charge in [-0.1, -0.05) is 30.3 Å². The highest BCUT2D eigenvalue weighted by Crippen LogP contribution is 2.16. The van der Waals surface area contributed by atoms with Gasteiger partial charge >= 0.3 is 11.8 Å². The van der Waals surface area contributed by atoms with Crippen molar-refractivity contribution in [2.24, 2.45) is 0 Å². The van der Waals surface area contributed by atoms with Crippen LogP contribution < -0.4 is 21.5 Å². The van der Waals surface area contributed by atoms with Gasteiger partial charge in [0.05, 0.1) is 12.5 Å². The summed E-state index contributed by atoms with van der Waals surface area (Å²) in [7, 11) is 0. The van der Waals surface area contributed by atoms with Crippen molar-refractivity contribution in [1.82, 2.24) is 21.5 Å². The van der Waals surface area contributed by atoms with Gasteiger partial charge in [-0.25, -0.2) is 0 Å². The molecule has 0 aromatic heterocycles. The second-order valence-corrected chi connectivity index (χ2v) is 5.50. The molecule has 0 spiro atoms. The lowest BCUT2D eigenvalue weighted by molar-refractivity contribution is -0.141. The Bertz CT molecular complexity index is 601. The summed E-state index contributed by atoms with van der Waals surface area (Å²) in [5.74, 6) is -2.63. The maximum Gasteiger partial charge on any atom is 0.327 e. The molecular formula is C16H22N4O4. The second-order valence-electron chi connectivity index (χ2n) is 5.50. The molecule has 1 atom stereocenters. The molecule has 0 bridgehead atoms. The molecule has 0 saturated carbocycles. The molecule has 8 nitrogen and oxygen atoms in total. The van der Waals surface area contributed by atoms with Gasteiger partial charge in [-0.3, -0.25) is 30.0 Å². The van der Waals surface area contributed by atoms with Gasteiger partial charge in [0.15, 0.2) is 0 Å². The lowest BCUT2D eigenvalue weighted by atomic mass is 10.0. The SMILES string of the molecule is CC(=O)N[C@@H](CC(=O)NNC(=O)C(=O)NC(C)C)c1ccccc1. The van der Waals surface area contributed by atoms with E-state index in [9.17, 15) is 19.2 Å². The van der Waals surface area contributed by atoms with Crippen LogP contribution in [-0.2, 0) is 19.2 Å². The molecule has 0 aliphatic carbocycles. The van der Waals surface area contributed by atoms with Crippen molar-refractivity contribution in [2.45, 2.75) is 39.3 Å². The monoisotopic (exact) mass is 334 g/mol. The molecule has 0 radical (unpaired) electrons. The molecule has 0 heterocycles. The van der Waals surface area contributed by atoms with Gasteiger partial charge < -0.3 is 10.6 Å². The zero-order chi connectivity index (χ0) is 18.1. The molecule has 0 saturated heterocycles. The molecule has 4 amide bonds. The summed E-state index contributed by atoms with van der Waals surface area (Å²) in [6.45, 7) is 4.77. The highest BCUT2D eigenvalue weighted by molar-refractivity contribution is 6.35. The summed E-state index contributed by atoms with van der Waals surface area (Å²) in [6, 6.07) is 8.24. The smallest absolute Gasteiger partial charge is 0.327 e. The van der Waals surface area contributed by atoms with Crippen molar-refractivity contribution in [3.63, 3.8) is 0 Å². The number of amides is 4. The van der Waals surface area contributed by atoms with E-state index in [1.165, 1.54) is 6.92 Å². The highest BCUT2D eigenvalue weighted by Gasteiger charge is 2.19. The number of rotatable bonds is 5. The van der Waals surface area contributed by atoms with E-state index >= 15 is 0 Å². The van der Waals surface area contributed by atoms with E-state index in [0.29, 0.717) is 0 Å². The first-order valence-corrected chi connectivity index (χ1v) is 7.51. The minimum atomic E-state index is -0.965. The Hall–Kier alpha value is -2.90. The lowest BCUT2D eigenvalue weighted by Gasteiger charge is -2.18. The topological polar surface area (TPSA) is 116 Å². The van der Waals surface area contributed by atoms with Crippen molar-refractivity contribution in [3.8, 4) is 0 Å². The molecule has 0 unspecified atom stereocenters. The van der Waals surface area contributed by atoms with Crippen molar-refractivity contribution in [2.75, 3.05) is 0 Å². The minimum Gasteiger partial charge on any atom is -0.349 e. The summed E-state index contributed by atoms with van der Waals surface area (Å²) in [4.78, 5) is 46.2. The lowest BCUT2D eigenvalue weighted by Crippen LogP contribution is -2.50. The predicted octanol–water partition coefficient (Wildman–Crippen LogP) is -0.0741. The van der Waals surface area contributed by atoms with E-state index in [1.807, 2.05) is 11.5 Å². The van der Waals surface area contributed by atoms with Crippen LogP contribution in [-0.4, -0.2) is 29.7 Å². The van der Waals surface area contributed by atoms with Crippen LogP contribution in [0.1, 0.15) is 38.8 Å². The van der Waals surface area contributed by atoms with Crippen LogP contribution in [0.4, 0.5) is 0 Å². The van der Waals surface area contributed by atoms with Crippen LogP contribution in [0, 0.1) is 0 Å². The van der Waals surface area contributed by atoms with E-state index in [2.05, 4.69) is 16.1 Å². The predicted molar refractivity (Wildman–Crippen MR) is 87.2 cm³/mol. The number of benzene rings is 1. The minimum absolute atomic E-state index is 0.0876. The van der Waals surface area contributed by atoms with Crippen LogP contribution in [0.15, 0.2) is 30.3 Å². The molecule has 1 aromatic rings. The van der Waals surface area contributed by atoms with Gasteiger partial charge in [0.25, 0.3) is 0 Å². The molecule has 0 aliphatic heterocycles. The molecule has 1 aromatic carbocycles. The zero-order valence-corrected chi connectivity index (χ0v) is 13.9. The number of hydrogen-bond acceptors (Lipinski definition) is 4. The molecular weight excluding hydrogens is 312 g/mol. The van der Waals surface area contributed by atoms with Crippen LogP contribution in [0.3, 0.4) is 0 Å². The maximum atomic E-state index is 11.9. The average molecular weight is 334 g/mol. The van der Waals surface area contributed by atoms with E-state index in [4.69, 9.17) is 0 Å². The van der Waals surface area contributed by atoms with Crippen LogP contribution in [0.2, 0.25) is 0 Å². The molecule has 0 aliphatic rings. The Morgan fingerprint density at radius 1 is 0.917 bits per heavy atom. The number of hydrazine groups is 1. The zero-order valence-electron chi connectivity index (χ0n) is 13.9. The van der Waals surface area contributed by atoms with Gasteiger partial charge in [-0.05, 0) is 19.4 Å². The summed E-state index contributed by atoms with van der Waals surface area (Å²) < 4.78 is 0. The first kappa shape index (κ1) is 19.1. The number of hydrogen-bond donors (Lipinski definition) is 4. The Kier molecular flexibility index (Phi) is 7.41. The highest BCUT2D eigenvalue weighted by atomic mass is 16.2. The van der Waals surface area contributed by atoms with Gasteiger partial charge in [-0.15, -0.1) is 0 Å². The standard InChI is InChI=1S/C16H22N4O4/c1-10(2)17-15(23)16(24)20-19-14(22)9-13(18-11(3)21)12-7-5-4-6-8-12/h4-8,10,13H,9H2,1-3H3,(H,17,23)(H,18,21)(H,19,22)(H,20,24)/t13-/m0/s1. The van der Waals surface area contributed by atoms with E-state index < -0.39 is 23.8 Å². The first-order chi connectivity index (χ1) is 11.3. The van der Waals surface area contributed by atoms with Gasteiger partial charge in [0.2, 0.25) is 11.8 Å². The fourth-order valence-corrected chi connectivity index (χ4v) is 1.93. The third-order valence-electron chi connectivity index (χ3n) is 2.91. The van der Waals surface area contributed by atoms with E-state index in [-0.39, 0.29) is 18.4 Å². The van der Waals surface area contributed by atoms with Gasteiger partial charge in [0.1, 0.15) is 0 Å². The Balaban J connectivity index is 2.58. The van der Waals surface area contributed by atoms with Crippen molar-refractivity contribution >= 4 is 23.6 Å². The summed E-state index contributed by atoms with van der Waals surface area (Å²) in [6.07, 6.45) is -0.0876. The Labute approximate surface area is 140 Å². The fourth-order valence-electron chi connectivity index (χ4n) is 1.93. The summed E-state index contributed by atoms with van der Waals surface area (Å²) in [5, 5.41) is 5.07. The normalized spacial score (nSPS) is 11.3. The first-order valence-electron chi connectivity index (χ1n) is 7.51. The number of carbonyl (C=O) groups is 4. The largest absolute Gasteiger partial charge is 0.349 e. The van der Waals surface area contributed by atoms with Crippen LogP contribution in [0.5, 0.6) is 0 Å². The third-order valence-corrected chi connectivity index (χ3v) is 2.91. The van der Waals surface area contributed by atoms with Crippen LogP contribution >= 0.6 is 0 Å². The van der Waals surface area contributed by atoms with Crippen LogP contribution in [0.25, 0.3) is 0 Å². The Morgan fingerprint density at radius 2 is 1.54 bits per heavy atom. The van der Waals surface area contributed by atoms with Gasteiger partial charge in [-0.2, -0.15) is 0 Å². The Morgan fingerprint density at radius 3 is 2.08 bits per heavy atom.